The van der Waals surface area contributed by atoms with Gasteiger partial charge < -0.3 is 5.11 Å². The van der Waals surface area contributed by atoms with E-state index in [9.17, 15) is 5.11 Å². The molecule has 4 nitrogen and oxygen atoms in total. The molecule has 0 saturated carbocycles. The number of nitrogens with zero attached hydrogens (tertiary/aromatic N) is 3. The first-order chi connectivity index (χ1) is 41.3. The van der Waals surface area contributed by atoms with Gasteiger partial charge in [-0.3, -0.25) is 4.57 Å². The molecule has 5 heteroatoms. The Labute approximate surface area is 529 Å². The SMILES string of the molecule is Cc1cccc(C)c1-n1c(-c2ccc3c(n2)-c2c(O)cccc2CC3)nc2c(-c3[c-]c(-c4c(-c5ccccc5)cccc4-c4cccc(C(C)(C)C)c4)ccc3)c(-c3c(-c4cccc(C(C)(C)C)c4)cccc3-c3cccc(C(C)(C)C)c3)ccc21.[Pt]. The fraction of sp³-hybridized carbons (Fsp3) is 0.195. The van der Waals surface area contributed by atoms with E-state index in [0.717, 1.165) is 152 Å². The van der Waals surface area contributed by atoms with Gasteiger partial charge in [0.25, 0.3) is 0 Å². The molecule has 0 saturated heterocycles. The summed E-state index contributed by atoms with van der Waals surface area (Å²) in [6.07, 6.45) is 1.67. The Kier molecular flexibility index (Phi) is 15.4. The van der Waals surface area contributed by atoms with Crippen LogP contribution in [0.5, 0.6) is 5.75 Å². The zero-order valence-electron chi connectivity index (χ0n) is 51.8. The van der Waals surface area contributed by atoms with Gasteiger partial charge in [-0.2, -0.15) is 0 Å². The van der Waals surface area contributed by atoms with Crippen molar-refractivity contribution in [3.63, 3.8) is 0 Å². The summed E-state index contributed by atoms with van der Waals surface area (Å²) in [7, 11) is 0. The van der Waals surface area contributed by atoms with Gasteiger partial charge in [0.05, 0.1) is 22.4 Å². The number of pyridine rings is 1. The molecule has 1 N–H and O–H groups in total. The second kappa shape index (κ2) is 22.9. The van der Waals surface area contributed by atoms with Gasteiger partial charge in [0, 0.05) is 26.6 Å². The zero-order valence-corrected chi connectivity index (χ0v) is 54.1. The fourth-order valence-electron chi connectivity index (χ4n) is 13.0. The molecule has 0 spiro atoms. The van der Waals surface area contributed by atoms with Crippen molar-refractivity contribution in [3.05, 3.63) is 263 Å². The van der Waals surface area contributed by atoms with Crippen LogP contribution in [0, 0.1) is 19.9 Å². The van der Waals surface area contributed by atoms with E-state index in [1.807, 2.05) is 6.07 Å². The van der Waals surface area contributed by atoms with Crippen LogP contribution in [0.2, 0.25) is 0 Å². The number of imidazole rings is 1. The average Bonchev–Trinajstić information content (AvgIpc) is 1.70. The van der Waals surface area contributed by atoms with Crippen molar-refractivity contribution < 1.29 is 26.2 Å². The Morgan fingerprint density at radius 3 is 1.44 bits per heavy atom. The normalized spacial score (nSPS) is 12.4. The number of fused-ring (bicyclic) bond motifs is 4. The van der Waals surface area contributed by atoms with Crippen LogP contribution < -0.4 is 0 Å². The number of aromatic hydroxyl groups is 1. The molecule has 0 atom stereocenters. The van der Waals surface area contributed by atoms with Gasteiger partial charge in [0.1, 0.15) is 11.4 Å². The van der Waals surface area contributed by atoms with E-state index < -0.39 is 0 Å². The van der Waals surface area contributed by atoms with Gasteiger partial charge in [0.15, 0.2) is 5.82 Å². The quantitative estimate of drug-likeness (QED) is 0.147. The van der Waals surface area contributed by atoms with Crippen molar-refractivity contribution in [2.24, 2.45) is 0 Å². The topological polar surface area (TPSA) is 50.9 Å². The van der Waals surface area contributed by atoms with Gasteiger partial charge in [0.2, 0.25) is 0 Å². The summed E-state index contributed by atoms with van der Waals surface area (Å²) in [5, 5.41) is 11.6. The van der Waals surface area contributed by atoms with Gasteiger partial charge >= 0.3 is 0 Å². The number of hydrogen-bond donors (Lipinski definition) is 1. The summed E-state index contributed by atoms with van der Waals surface area (Å²) < 4.78 is 2.35. The molecule has 0 aliphatic heterocycles. The van der Waals surface area contributed by atoms with Gasteiger partial charge in [-0.1, -0.05) is 250 Å². The van der Waals surface area contributed by atoms with Crippen LogP contribution in [0.3, 0.4) is 0 Å². The third-order valence-electron chi connectivity index (χ3n) is 17.7. The predicted octanol–water partition coefficient (Wildman–Crippen LogP) is 21.5. The monoisotopic (exact) mass is 1310 g/mol. The Bertz CT molecular complexity index is 4520. The number of rotatable bonds is 9. The smallest absolute Gasteiger partial charge is 0.163 e. The Morgan fingerprint density at radius 1 is 0.402 bits per heavy atom. The Hall–Kier alpha value is -8.69. The standard InChI is InChI=1S/C82H74N3O.Pt/c1-51-23-15-24-52(2)78(51)85-70-46-44-68(75-66(57-29-18-34-62(49-57)81(6,7)8)38-22-39-67(75)58-30-19-35-63(50-58)82(9,10)11)73(77(70)84-79(85)69-45-43-55-42-41-54-27-20-40-71(86)74(54)76(55)83-69)60-32-16-31-59(47-60)72-64(53-25-13-12-14-26-53)36-21-37-65(72)56-28-17-33-61(48-56)80(3,4)5;/h12-40,43-46,48-50,86H,41-42H2,1-11H3;/q-1;. The first-order valence-electron chi connectivity index (χ1n) is 30.4. The first kappa shape index (κ1) is 58.7. The van der Waals surface area contributed by atoms with Gasteiger partial charge in [-0.15, -0.1) is 35.4 Å². The van der Waals surface area contributed by atoms with E-state index in [1.54, 1.807) is 6.07 Å². The molecule has 0 fully saturated rings. The second-order valence-corrected chi connectivity index (χ2v) is 26.7. The van der Waals surface area contributed by atoms with E-state index in [1.165, 1.54) is 16.7 Å². The summed E-state index contributed by atoms with van der Waals surface area (Å²) in [6.45, 7) is 25.0. The maximum absolute atomic E-state index is 11.6. The third kappa shape index (κ3) is 10.9. The molecule has 0 radical (unpaired) electrons. The number of aromatic nitrogens is 3. The number of phenolic OH excluding ortho intramolecular Hbond substituents is 1. The van der Waals surface area contributed by atoms with Gasteiger partial charge in [-0.25, -0.2) is 9.97 Å². The second-order valence-electron chi connectivity index (χ2n) is 26.7. The van der Waals surface area contributed by atoms with E-state index in [-0.39, 0.29) is 43.1 Å². The molecule has 2 heterocycles. The maximum atomic E-state index is 11.6. The maximum Gasteiger partial charge on any atom is 0.163 e. The molecular weight excluding hydrogens is 1240 g/mol. The molecule has 1 aliphatic carbocycles. The number of benzene rings is 10. The molecule has 434 valence electrons. The van der Waals surface area contributed by atoms with E-state index in [2.05, 4.69) is 293 Å². The summed E-state index contributed by atoms with van der Waals surface area (Å²) >= 11 is 0. The Morgan fingerprint density at radius 2 is 0.874 bits per heavy atom. The molecule has 2 aromatic heterocycles. The minimum atomic E-state index is -0.0836. The van der Waals surface area contributed by atoms with Crippen molar-refractivity contribution in [1.82, 2.24) is 14.5 Å². The van der Waals surface area contributed by atoms with E-state index in [0.29, 0.717) is 0 Å². The van der Waals surface area contributed by atoms with E-state index >= 15 is 0 Å². The molecular formula is C82H74N3OPt-. The third-order valence-corrected chi connectivity index (χ3v) is 17.7. The fourth-order valence-corrected chi connectivity index (χ4v) is 13.0. The van der Waals surface area contributed by atoms with Crippen LogP contribution >= 0.6 is 0 Å². The molecule has 0 bridgehead atoms. The summed E-state index contributed by atoms with van der Waals surface area (Å²) in [6, 6.07) is 84.0. The van der Waals surface area contributed by atoms with Crippen LogP contribution in [-0.4, -0.2) is 19.6 Å². The minimum Gasteiger partial charge on any atom is -0.507 e. The van der Waals surface area contributed by atoms with Crippen LogP contribution in [0.4, 0.5) is 0 Å². The van der Waals surface area contributed by atoms with Crippen molar-refractivity contribution in [1.29, 1.82) is 0 Å². The average molecular weight is 1310 g/mol. The number of aryl methyl sites for hydroxylation is 4. The van der Waals surface area contributed by atoms with Crippen LogP contribution in [0.1, 0.15) is 101 Å². The van der Waals surface area contributed by atoms with Crippen molar-refractivity contribution in [3.8, 4) is 112 Å². The molecule has 10 aromatic carbocycles. The molecule has 13 rings (SSSR count). The molecule has 0 amide bonds. The molecule has 0 unspecified atom stereocenters. The summed E-state index contributed by atoms with van der Waals surface area (Å²) in [4.78, 5) is 11.6. The minimum absolute atomic E-state index is 0. The van der Waals surface area contributed by atoms with Crippen LogP contribution in [-0.2, 0) is 50.2 Å². The predicted molar refractivity (Wildman–Crippen MR) is 361 cm³/mol. The summed E-state index contributed by atoms with van der Waals surface area (Å²) in [5.74, 6) is 0.963. The van der Waals surface area contributed by atoms with Crippen molar-refractivity contribution in [2.75, 3.05) is 0 Å². The largest absolute Gasteiger partial charge is 0.507 e. The zero-order chi connectivity index (χ0) is 59.8. The summed E-state index contributed by atoms with van der Waals surface area (Å²) in [5.41, 5.74) is 28.5. The van der Waals surface area contributed by atoms with Crippen molar-refractivity contribution in [2.45, 2.75) is 105 Å². The number of phenols is 1. The molecule has 1 aliphatic rings. The molecule has 12 aromatic rings. The van der Waals surface area contributed by atoms with Crippen LogP contribution in [0.15, 0.2) is 218 Å². The van der Waals surface area contributed by atoms with E-state index in [4.69, 9.17) is 9.97 Å². The number of para-hydroxylation sites is 1. The Balaban J connectivity index is 0.00000739. The first-order valence-corrected chi connectivity index (χ1v) is 30.4. The van der Waals surface area contributed by atoms with Gasteiger partial charge in [-0.05, 0) is 161 Å². The van der Waals surface area contributed by atoms with Crippen LogP contribution in [0.25, 0.3) is 117 Å². The number of hydrogen-bond acceptors (Lipinski definition) is 3. The van der Waals surface area contributed by atoms with Crippen molar-refractivity contribution >= 4 is 11.0 Å². The molecule has 87 heavy (non-hydrogen) atoms.